The highest BCUT2D eigenvalue weighted by Crippen LogP contribution is 2.03. The molecule has 0 N–H and O–H groups in total. The van der Waals surface area contributed by atoms with Gasteiger partial charge in [0.2, 0.25) is 0 Å². The zero-order valence-corrected chi connectivity index (χ0v) is 5.46. The van der Waals surface area contributed by atoms with Crippen LogP contribution in [0.15, 0.2) is 15.2 Å². The Morgan fingerprint density at radius 3 is 2.67 bits per heavy atom. The summed E-state index contributed by atoms with van der Waals surface area (Å²) in [5.41, 5.74) is 1.07. The molecule has 0 saturated carbocycles. The summed E-state index contributed by atoms with van der Waals surface area (Å²) in [7, 11) is 0. The van der Waals surface area contributed by atoms with Crippen molar-refractivity contribution in [2.45, 2.75) is 19.8 Å². The van der Waals surface area contributed by atoms with Crippen LogP contribution in [0, 0.1) is 0 Å². The van der Waals surface area contributed by atoms with Crippen molar-refractivity contribution in [1.29, 1.82) is 0 Å². The number of nitrogens with zero attached hydrogens (tertiary/aromatic N) is 3. The van der Waals surface area contributed by atoms with E-state index in [0.29, 0.717) is 0 Å². The lowest BCUT2D eigenvalue weighted by atomic mass is 10.2. The van der Waals surface area contributed by atoms with Crippen molar-refractivity contribution >= 4 is 18.3 Å². The molecule has 48 valence electrons. The molecule has 0 aromatic carbocycles. The van der Waals surface area contributed by atoms with Gasteiger partial charge in [-0.25, -0.2) is 4.99 Å². The molecule has 3 nitrogen and oxygen atoms in total. The third-order valence-electron chi connectivity index (χ3n) is 1.23. The molecule has 1 aliphatic heterocycles. The number of hydrogen-bond donors (Lipinski definition) is 0. The zero-order chi connectivity index (χ0) is 6.69. The predicted molar refractivity (Wildman–Crippen MR) is 39.3 cm³/mol. The smallest absolute Gasteiger partial charge is 0.150 e. The Labute approximate surface area is 54.2 Å². The highest BCUT2D eigenvalue weighted by atomic mass is 15.2. The fraction of sp³-hybridized carbons (Fsp3) is 0.500. The first-order valence-electron chi connectivity index (χ1n) is 2.89. The first kappa shape index (κ1) is 6.13. The number of rotatable bonds is 0. The zero-order valence-electron chi connectivity index (χ0n) is 5.46. The lowest BCUT2D eigenvalue weighted by Crippen LogP contribution is -2.03. The van der Waals surface area contributed by atoms with Crippen LogP contribution in [-0.2, 0) is 0 Å². The number of amidine groups is 1. The molecule has 1 aliphatic rings. The second kappa shape index (κ2) is 2.53. The maximum Gasteiger partial charge on any atom is 0.150 e. The molecular weight excluding hydrogens is 114 g/mol. The molecule has 0 spiro atoms. The van der Waals surface area contributed by atoms with Crippen LogP contribution in [0.5, 0.6) is 0 Å². The molecule has 1 rings (SSSR count). The fourth-order valence-corrected chi connectivity index (χ4v) is 0.646. The maximum atomic E-state index is 3.85. The Morgan fingerprint density at radius 1 is 1.44 bits per heavy atom. The van der Waals surface area contributed by atoms with Gasteiger partial charge in [-0.15, -0.1) is 5.10 Å². The van der Waals surface area contributed by atoms with Gasteiger partial charge in [-0.2, -0.15) is 5.10 Å². The van der Waals surface area contributed by atoms with Crippen LogP contribution in [-0.4, -0.2) is 18.3 Å². The van der Waals surface area contributed by atoms with E-state index in [1.807, 2.05) is 6.92 Å². The highest BCUT2D eigenvalue weighted by molar-refractivity contribution is 5.94. The molecule has 0 radical (unpaired) electrons. The molecule has 9 heavy (non-hydrogen) atoms. The topological polar surface area (TPSA) is 37.1 Å². The van der Waals surface area contributed by atoms with E-state index in [1.54, 1.807) is 0 Å². The molecule has 0 amide bonds. The Hall–Kier alpha value is -0.990. The largest absolute Gasteiger partial charge is 0.247 e. The minimum absolute atomic E-state index is 0.751. The SMILES string of the molecule is C=NC1=NN=C(C)CC1. The van der Waals surface area contributed by atoms with E-state index >= 15 is 0 Å². The van der Waals surface area contributed by atoms with Crippen LogP contribution in [0.4, 0.5) is 0 Å². The van der Waals surface area contributed by atoms with Gasteiger partial charge in [0.05, 0.1) is 0 Å². The molecule has 0 aromatic rings. The Balaban J connectivity index is 2.69. The summed E-state index contributed by atoms with van der Waals surface area (Å²) in [4.78, 5) is 3.67. The first-order valence-corrected chi connectivity index (χ1v) is 2.89. The van der Waals surface area contributed by atoms with Crippen LogP contribution < -0.4 is 0 Å². The van der Waals surface area contributed by atoms with E-state index in [0.717, 1.165) is 24.4 Å². The summed E-state index contributed by atoms with van der Waals surface area (Å²) in [6, 6.07) is 0. The molecule has 0 aliphatic carbocycles. The third kappa shape index (κ3) is 1.45. The Bertz CT molecular complexity index is 179. The molecule has 0 saturated heterocycles. The molecule has 0 atom stereocenters. The highest BCUT2D eigenvalue weighted by Gasteiger charge is 2.02. The first-order chi connectivity index (χ1) is 4.33. The predicted octanol–water partition coefficient (Wildman–Crippen LogP) is 1.26. The van der Waals surface area contributed by atoms with Gasteiger partial charge in [0, 0.05) is 12.1 Å². The van der Waals surface area contributed by atoms with Gasteiger partial charge in [-0.1, -0.05) is 0 Å². The van der Waals surface area contributed by atoms with Crippen molar-refractivity contribution in [1.82, 2.24) is 0 Å². The lowest BCUT2D eigenvalue weighted by Gasteiger charge is -2.02. The van der Waals surface area contributed by atoms with E-state index in [4.69, 9.17) is 0 Å². The summed E-state index contributed by atoms with van der Waals surface area (Å²) in [6.07, 6.45) is 1.86. The molecule has 0 aromatic heterocycles. The minimum Gasteiger partial charge on any atom is -0.247 e. The maximum absolute atomic E-state index is 3.85. The quantitative estimate of drug-likeness (QED) is 0.435. The molecule has 1 heterocycles. The Morgan fingerprint density at radius 2 is 2.22 bits per heavy atom. The van der Waals surface area contributed by atoms with Gasteiger partial charge in [0.1, 0.15) is 5.84 Å². The van der Waals surface area contributed by atoms with Gasteiger partial charge in [-0.3, -0.25) is 0 Å². The van der Waals surface area contributed by atoms with Crippen molar-refractivity contribution in [3.63, 3.8) is 0 Å². The van der Waals surface area contributed by atoms with Crippen LogP contribution in [0.2, 0.25) is 0 Å². The van der Waals surface area contributed by atoms with Crippen molar-refractivity contribution in [3.8, 4) is 0 Å². The van der Waals surface area contributed by atoms with E-state index in [2.05, 4.69) is 21.9 Å². The van der Waals surface area contributed by atoms with Crippen molar-refractivity contribution in [2.75, 3.05) is 0 Å². The molecule has 0 fully saturated rings. The average Bonchev–Trinajstić information content (AvgIpc) is 1.90. The number of hydrogen-bond acceptors (Lipinski definition) is 3. The summed E-state index contributed by atoms with van der Waals surface area (Å²) in [5.74, 6) is 0.751. The van der Waals surface area contributed by atoms with Crippen LogP contribution in [0.1, 0.15) is 19.8 Å². The average molecular weight is 123 g/mol. The van der Waals surface area contributed by atoms with Crippen LogP contribution in [0.25, 0.3) is 0 Å². The van der Waals surface area contributed by atoms with Crippen molar-refractivity contribution in [2.24, 2.45) is 15.2 Å². The van der Waals surface area contributed by atoms with Crippen LogP contribution in [0.3, 0.4) is 0 Å². The number of aliphatic imine (C=N–C) groups is 1. The summed E-state index contributed by atoms with van der Waals surface area (Å²) < 4.78 is 0. The van der Waals surface area contributed by atoms with E-state index in [-0.39, 0.29) is 0 Å². The second-order valence-corrected chi connectivity index (χ2v) is 2.01. The van der Waals surface area contributed by atoms with Crippen molar-refractivity contribution in [3.05, 3.63) is 0 Å². The van der Waals surface area contributed by atoms with E-state index < -0.39 is 0 Å². The lowest BCUT2D eigenvalue weighted by molar-refractivity contribution is 1.02. The van der Waals surface area contributed by atoms with E-state index in [9.17, 15) is 0 Å². The molecular formula is C6H9N3. The second-order valence-electron chi connectivity index (χ2n) is 2.01. The van der Waals surface area contributed by atoms with Gasteiger partial charge >= 0.3 is 0 Å². The molecule has 0 bridgehead atoms. The monoisotopic (exact) mass is 123 g/mol. The van der Waals surface area contributed by atoms with Gasteiger partial charge in [-0.05, 0) is 20.1 Å². The van der Waals surface area contributed by atoms with Crippen molar-refractivity contribution < 1.29 is 0 Å². The van der Waals surface area contributed by atoms with Gasteiger partial charge in [0.25, 0.3) is 0 Å². The Kier molecular flexibility index (Phi) is 1.72. The summed E-state index contributed by atoms with van der Waals surface area (Å²) >= 11 is 0. The summed E-state index contributed by atoms with van der Waals surface area (Å²) in [6.45, 7) is 5.32. The normalized spacial score (nSPS) is 18.3. The van der Waals surface area contributed by atoms with E-state index in [1.165, 1.54) is 0 Å². The third-order valence-corrected chi connectivity index (χ3v) is 1.23. The molecule has 0 unspecified atom stereocenters. The molecule has 3 heteroatoms. The van der Waals surface area contributed by atoms with Crippen LogP contribution >= 0.6 is 0 Å². The standard InChI is InChI=1S/C6H9N3/c1-5-3-4-6(7-2)9-8-5/h2-4H2,1H3. The van der Waals surface area contributed by atoms with Gasteiger partial charge < -0.3 is 0 Å². The summed E-state index contributed by atoms with van der Waals surface area (Å²) in [5, 5.41) is 7.66. The minimum atomic E-state index is 0.751. The fourth-order valence-electron chi connectivity index (χ4n) is 0.646. The van der Waals surface area contributed by atoms with Gasteiger partial charge in [0.15, 0.2) is 0 Å².